The van der Waals surface area contributed by atoms with Crippen molar-refractivity contribution in [2.24, 2.45) is 11.3 Å². The average Bonchev–Trinajstić information content (AvgIpc) is 1.94. The van der Waals surface area contributed by atoms with Crippen LogP contribution in [0.5, 0.6) is 0 Å². The second kappa shape index (κ2) is 5.88. The largest absolute Gasteiger partial charge is 0.405 e. The highest BCUT2D eigenvalue weighted by atomic mass is 28.3. The molecule has 0 fully saturated rings. The molecule has 0 rings (SSSR count). The third kappa shape index (κ3) is 6.57. The normalized spacial score (nSPS) is 15.2. The molecule has 86 valence electrons. The Kier molecular flexibility index (Phi) is 5.94. The van der Waals surface area contributed by atoms with E-state index in [1.807, 2.05) is 0 Å². The van der Waals surface area contributed by atoms with Gasteiger partial charge in [-0.05, 0) is 25.6 Å². The van der Waals surface area contributed by atoms with Crippen LogP contribution in [0, 0.1) is 11.3 Å². The molecule has 0 heterocycles. The van der Waals surface area contributed by atoms with E-state index >= 15 is 0 Å². The molecule has 1 N–H and O–H groups in total. The van der Waals surface area contributed by atoms with Crippen molar-refractivity contribution in [3.63, 3.8) is 0 Å². The van der Waals surface area contributed by atoms with Crippen molar-refractivity contribution in [2.75, 3.05) is 6.54 Å². The maximum atomic E-state index is 5.99. The molecular weight excluding hydrogens is 190 g/mol. The van der Waals surface area contributed by atoms with Crippen molar-refractivity contribution in [3.8, 4) is 0 Å². The monoisotopic (exact) mass is 217 g/mol. The maximum absolute atomic E-state index is 5.99. The molecule has 0 unspecified atom stereocenters. The standard InChI is InChI=1S/C11H27NOSi/c1-9(2)8-12-10(11(3,4)5)13-14(6)7/h9-10,12,14H,8H2,1-7H3/t10-/m1/s1. The first kappa shape index (κ1) is 14.1. The van der Waals surface area contributed by atoms with Crippen LogP contribution < -0.4 is 5.32 Å². The number of hydrogen-bond acceptors (Lipinski definition) is 2. The zero-order valence-corrected chi connectivity index (χ0v) is 12.0. The lowest BCUT2D eigenvalue weighted by Gasteiger charge is -2.33. The highest BCUT2D eigenvalue weighted by Crippen LogP contribution is 2.21. The van der Waals surface area contributed by atoms with Crippen molar-refractivity contribution < 1.29 is 4.43 Å². The number of hydrogen-bond donors (Lipinski definition) is 1. The minimum absolute atomic E-state index is 0.187. The van der Waals surface area contributed by atoms with E-state index in [2.05, 4.69) is 53.0 Å². The van der Waals surface area contributed by atoms with Crippen LogP contribution in [0.25, 0.3) is 0 Å². The summed E-state index contributed by atoms with van der Waals surface area (Å²) >= 11 is 0. The van der Waals surface area contributed by atoms with Gasteiger partial charge < -0.3 is 4.43 Å². The van der Waals surface area contributed by atoms with Gasteiger partial charge in [0.25, 0.3) is 0 Å². The smallest absolute Gasteiger partial charge is 0.173 e. The molecule has 0 amide bonds. The van der Waals surface area contributed by atoms with Gasteiger partial charge in [0.05, 0.1) is 0 Å². The molecule has 0 aliphatic carbocycles. The van der Waals surface area contributed by atoms with Gasteiger partial charge in [-0.3, -0.25) is 5.32 Å². The molecule has 2 nitrogen and oxygen atoms in total. The zero-order chi connectivity index (χ0) is 11.4. The van der Waals surface area contributed by atoms with E-state index in [1.54, 1.807) is 0 Å². The van der Waals surface area contributed by atoms with Gasteiger partial charge >= 0.3 is 0 Å². The molecule has 1 atom stereocenters. The fourth-order valence-corrected chi connectivity index (χ4v) is 2.22. The molecule has 3 heteroatoms. The molecule has 0 saturated heterocycles. The second-order valence-corrected chi connectivity index (χ2v) is 8.10. The van der Waals surface area contributed by atoms with Crippen LogP contribution >= 0.6 is 0 Å². The van der Waals surface area contributed by atoms with Crippen molar-refractivity contribution in [1.29, 1.82) is 0 Å². The van der Waals surface area contributed by atoms with Crippen LogP contribution in [-0.2, 0) is 4.43 Å². The maximum Gasteiger partial charge on any atom is 0.173 e. The first-order chi connectivity index (χ1) is 6.23. The molecule has 0 spiro atoms. The van der Waals surface area contributed by atoms with Gasteiger partial charge in [0.15, 0.2) is 9.04 Å². The van der Waals surface area contributed by atoms with Gasteiger partial charge in [0.1, 0.15) is 6.23 Å². The lowest BCUT2D eigenvalue weighted by atomic mass is 9.94. The molecule has 0 aliphatic heterocycles. The van der Waals surface area contributed by atoms with Crippen LogP contribution in [-0.4, -0.2) is 21.8 Å². The van der Waals surface area contributed by atoms with Gasteiger partial charge in [-0.2, -0.15) is 0 Å². The Balaban J connectivity index is 4.12. The van der Waals surface area contributed by atoms with Crippen molar-refractivity contribution in [2.45, 2.75) is 53.9 Å². The molecule has 0 aromatic heterocycles. The summed E-state index contributed by atoms with van der Waals surface area (Å²) in [5, 5.41) is 3.50. The molecule has 0 radical (unpaired) electrons. The zero-order valence-electron chi connectivity index (χ0n) is 10.8. The van der Waals surface area contributed by atoms with Crippen molar-refractivity contribution in [3.05, 3.63) is 0 Å². The number of nitrogens with one attached hydrogen (secondary N) is 1. The summed E-state index contributed by atoms with van der Waals surface area (Å²) in [5.74, 6) is 0.678. The third-order valence-corrected chi connectivity index (χ3v) is 2.72. The lowest BCUT2D eigenvalue weighted by Crippen LogP contribution is -2.46. The van der Waals surface area contributed by atoms with E-state index < -0.39 is 9.04 Å². The summed E-state index contributed by atoms with van der Waals surface area (Å²) in [7, 11) is -0.954. The van der Waals surface area contributed by atoms with Crippen molar-refractivity contribution in [1.82, 2.24) is 5.32 Å². The van der Waals surface area contributed by atoms with Gasteiger partial charge in [0.2, 0.25) is 0 Å². The van der Waals surface area contributed by atoms with Gasteiger partial charge in [-0.25, -0.2) is 0 Å². The van der Waals surface area contributed by atoms with Gasteiger partial charge in [0, 0.05) is 5.41 Å². The van der Waals surface area contributed by atoms with Crippen LogP contribution in [0.15, 0.2) is 0 Å². The average molecular weight is 217 g/mol. The molecule has 0 bridgehead atoms. The highest BCUT2D eigenvalue weighted by Gasteiger charge is 2.25. The van der Waals surface area contributed by atoms with Crippen LogP contribution in [0.2, 0.25) is 13.1 Å². The fraction of sp³-hybridized carbons (Fsp3) is 1.00. The Morgan fingerprint density at radius 1 is 1.21 bits per heavy atom. The van der Waals surface area contributed by atoms with E-state index in [0.29, 0.717) is 5.92 Å². The molecule has 0 aromatic rings. The van der Waals surface area contributed by atoms with E-state index in [-0.39, 0.29) is 11.6 Å². The number of rotatable bonds is 5. The Morgan fingerprint density at radius 3 is 2.00 bits per heavy atom. The van der Waals surface area contributed by atoms with Gasteiger partial charge in [-0.1, -0.05) is 34.6 Å². The second-order valence-electron chi connectivity index (χ2n) is 5.73. The molecular formula is C11H27NOSi. The summed E-state index contributed by atoms with van der Waals surface area (Å²) in [4.78, 5) is 0. The summed E-state index contributed by atoms with van der Waals surface area (Å²) in [6.45, 7) is 16.6. The van der Waals surface area contributed by atoms with E-state index in [9.17, 15) is 0 Å². The molecule has 0 aromatic carbocycles. The quantitative estimate of drug-likeness (QED) is 0.564. The minimum Gasteiger partial charge on any atom is -0.405 e. The predicted octanol–water partition coefficient (Wildman–Crippen LogP) is 2.60. The molecule has 14 heavy (non-hydrogen) atoms. The third-order valence-electron chi connectivity index (χ3n) is 1.91. The van der Waals surface area contributed by atoms with Crippen LogP contribution in [0.4, 0.5) is 0 Å². The van der Waals surface area contributed by atoms with E-state index in [4.69, 9.17) is 4.43 Å². The molecule has 0 aliphatic rings. The van der Waals surface area contributed by atoms with Crippen molar-refractivity contribution >= 4 is 9.04 Å². The first-order valence-corrected chi connectivity index (χ1v) is 8.40. The lowest BCUT2D eigenvalue weighted by molar-refractivity contribution is 0.0530. The fourth-order valence-electron chi connectivity index (χ4n) is 1.17. The summed E-state index contributed by atoms with van der Waals surface area (Å²) in [6.07, 6.45) is 0.205. The van der Waals surface area contributed by atoms with E-state index in [0.717, 1.165) is 6.54 Å². The predicted molar refractivity (Wildman–Crippen MR) is 66.0 cm³/mol. The Hall–Kier alpha value is 0.137. The highest BCUT2D eigenvalue weighted by molar-refractivity contribution is 6.48. The summed E-state index contributed by atoms with van der Waals surface area (Å²) < 4.78 is 5.99. The Morgan fingerprint density at radius 2 is 1.71 bits per heavy atom. The topological polar surface area (TPSA) is 21.3 Å². The molecule has 0 saturated carbocycles. The Bertz CT molecular complexity index is 152. The summed E-state index contributed by atoms with van der Waals surface area (Å²) in [5.41, 5.74) is 0.187. The van der Waals surface area contributed by atoms with E-state index in [1.165, 1.54) is 0 Å². The minimum atomic E-state index is -0.954. The first-order valence-electron chi connectivity index (χ1n) is 5.62. The van der Waals surface area contributed by atoms with Gasteiger partial charge in [-0.15, -0.1) is 0 Å². The summed E-state index contributed by atoms with van der Waals surface area (Å²) in [6, 6.07) is 0. The SMILES string of the molecule is CC(C)CN[C@H](O[SiH](C)C)C(C)(C)C. The Labute approximate surface area is 91.2 Å². The van der Waals surface area contributed by atoms with Crippen LogP contribution in [0.3, 0.4) is 0 Å². The van der Waals surface area contributed by atoms with Crippen LogP contribution in [0.1, 0.15) is 34.6 Å².